The van der Waals surface area contributed by atoms with Gasteiger partial charge >= 0.3 is 5.97 Å². The van der Waals surface area contributed by atoms with E-state index in [9.17, 15) is 40.0 Å². The maximum Gasteiger partial charge on any atom is 0.305 e. The molecule has 14 heteroatoms. The van der Waals surface area contributed by atoms with Gasteiger partial charge < -0.3 is 54.3 Å². The van der Waals surface area contributed by atoms with Crippen LogP contribution in [0.15, 0.2) is 0 Å². The van der Waals surface area contributed by atoms with Crippen molar-refractivity contribution in [3.05, 3.63) is 0 Å². The lowest BCUT2D eigenvalue weighted by atomic mass is 9.97. The average Bonchev–Trinajstić information content (AvgIpc) is 2.87. The largest absolute Gasteiger partial charge is 0.469 e. The minimum absolute atomic E-state index is 0.160. The average molecular weight is 531 g/mol. The number of aliphatic hydroxyl groups excluding tert-OH is 6. The smallest absolute Gasteiger partial charge is 0.305 e. The highest BCUT2D eigenvalue weighted by molar-refractivity contribution is 5.68. The number of halogens is 1. The van der Waals surface area contributed by atoms with Gasteiger partial charge in [-0.15, -0.1) is 0 Å². The fourth-order valence-electron chi connectivity index (χ4n) is 4.10. The Morgan fingerprint density at radius 3 is 2.06 bits per heavy atom. The van der Waals surface area contributed by atoms with Gasteiger partial charge in [-0.1, -0.05) is 25.7 Å². The second-order valence-corrected chi connectivity index (χ2v) is 8.92. The summed E-state index contributed by atoms with van der Waals surface area (Å²) in [7, 11) is 1.35. The summed E-state index contributed by atoms with van der Waals surface area (Å²) in [5, 5.41) is 60.4. The van der Waals surface area contributed by atoms with Crippen LogP contribution in [0.5, 0.6) is 0 Å². The highest BCUT2D eigenvalue weighted by Gasteiger charge is 2.51. The standard InChI is InChI=1S/C22H39FO13/c1-31-14(25)8-6-4-2-3-5-7-9-32-22-20(18(29)16(27)13(35-22)11-33-23)36-21-19(30)17(28)15(26)12(10-24)34-21/h12-13,15-22,24,26-30H,2-11H2,1H3/t12-,13-,15-,16-,17+,18+,19-,20-,21-,22+/m1/s1. The predicted octanol–water partition coefficient (Wildman–Crippen LogP) is -1.56. The molecule has 0 unspecified atom stereocenters. The first-order valence-electron chi connectivity index (χ1n) is 12.1. The van der Waals surface area contributed by atoms with Gasteiger partial charge in [0.05, 0.1) is 13.7 Å². The van der Waals surface area contributed by atoms with Gasteiger partial charge in [-0.2, -0.15) is 4.94 Å². The van der Waals surface area contributed by atoms with Gasteiger partial charge in [0.1, 0.15) is 55.4 Å². The molecule has 2 saturated heterocycles. The van der Waals surface area contributed by atoms with E-state index in [1.807, 2.05) is 0 Å². The first-order valence-corrected chi connectivity index (χ1v) is 12.1. The van der Waals surface area contributed by atoms with Crippen LogP contribution in [-0.2, 0) is 33.4 Å². The molecule has 2 rings (SSSR count). The lowest BCUT2D eigenvalue weighted by Crippen LogP contribution is -2.64. The summed E-state index contributed by atoms with van der Waals surface area (Å²) in [5.74, 6) is -0.236. The topological polar surface area (TPSA) is 194 Å². The van der Waals surface area contributed by atoms with E-state index >= 15 is 0 Å². The van der Waals surface area contributed by atoms with Crippen molar-refractivity contribution >= 4 is 5.97 Å². The molecule has 0 aromatic rings. The predicted molar refractivity (Wildman–Crippen MR) is 117 cm³/mol. The van der Waals surface area contributed by atoms with Crippen LogP contribution in [-0.4, -0.2) is 125 Å². The third kappa shape index (κ3) is 8.77. The normalized spacial score (nSPS) is 37.1. The summed E-state index contributed by atoms with van der Waals surface area (Å²) in [6.45, 7) is -1.21. The Balaban J connectivity index is 1.89. The summed E-state index contributed by atoms with van der Waals surface area (Å²) >= 11 is 0. The van der Waals surface area contributed by atoms with E-state index in [0.29, 0.717) is 12.8 Å². The molecule has 2 aliphatic heterocycles. The first kappa shape index (κ1) is 31.2. The number of esters is 1. The van der Waals surface area contributed by atoms with E-state index in [2.05, 4.69) is 9.68 Å². The number of rotatable bonds is 15. The zero-order valence-corrected chi connectivity index (χ0v) is 20.3. The van der Waals surface area contributed by atoms with Crippen molar-refractivity contribution in [3.8, 4) is 0 Å². The van der Waals surface area contributed by atoms with Crippen LogP contribution in [0.1, 0.15) is 44.9 Å². The van der Waals surface area contributed by atoms with E-state index in [1.165, 1.54) is 7.11 Å². The van der Waals surface area contributed by atoms with Crippen molar-refractivity contribution in [2.75, 3.05) is 26.9 Å². The number of methoxy groups -OCH3 is 1. The fraction of sp³-hybridized carbons (Fsp3) is 0.955. The van der Waals surface area contributed by atoms with Crippen LogP contribution in [0, 0.1) is 0 Å². The summed E-state index contributed by atoms with van der Waals surface area (Å²) in [4.78, 5) is 14.6. The Kier molecular flexibility index (Phi) is 13.9. The zero-order valence-electron chi connectivity index (χ0n) is 20.3. The van der Waals surface area contributed by atoms with Gasteiger partial charge in [-0.25, -0.2) is 0 Å². The Hall–Kier alpha value is -1.04. The van der Waals surface area contributed by atoms with Gasteiger partial charge in [0.25, 0.3) is 0 Å². The molecule has 0 amide bonds. The lowest BCUT2D eigenvalue weighted by molar-refractivity contribution is -0.371. The second-order valence-electron chi connectivity index (χ2n) is 8.92. The van der Waals surface area contributed by atoms with E-state index in [0.717, 1.165) is 32.1 Å². The monoisotopic (exact) mass is 530 g/mol. The Labute approximate surface area is 208 Å². The van der Waals surface area contributed by atoms with E-state index in [-0.39, 0.29) is 12.6 Å². The molecule has 13 nitrogen and oxygen atoms in total. The minimum Gasteiger partial charge on any atom is -0.469 e. The molecule has 6 N–H and O–H groups in total. The number of carbonyl (C=O) groups excluding carboxylic acids is 1. The molecule has 2 heterocycles. The van der Waals surface area contributed by atoms with E-state index < -0.39 is 74.6 Å². The number of unbranched alkanes of at least 4 members (excludes halogenated alkanes) is 5. The summed E-state index contributed by atoms with van der Waals surface area (Å²) in [6.07, 6.45) is -10.1. The van der Waals surface area contributed by atoms with Crippen molar-refractivity contribution < 1.29 is 68.6 Å². The van der Waals surface area contributed by atoms with Crippen LogP contribution in [0.4, 0.5) is 4.53 Å². The Morgan fingerprint density at radius 1 is 0.806 bits per heavy atom. The summed E-state index contributed by atoms with van der Waals surface area (Å²) < 4.78 is 39.1. The van der Waals surface area contributed by atoms with Gasteiger partial charge in [-0.05, 0) is 17.4 Å². The maximum atomic E-state index is 12.4. The van der Waals surface area contributed by atoms with Crippen LogP contribution in [0.2, 0.25) is 0 Å². The Bertz CT molecular complexity index is 627. The molecular weight excluding hydrogens is 491 g/mol. The number of hydrogen-bond donors (Lipinski definition) is 6. The molecule has 0 aromatic carbocycles. The summed E-state index contributed by atoms with van der Waals surface area (Å²) in [5.41, 5.74) is 0. The zero-order chi connectivity index (χ0) is 26.7. The molecule has 0 saturated carbocycles. The molecule has 212 valence electrons. The molecule has 0 aromatic heterocycles. The first-order chi connectivity index (χ1) is 17.2. The quantitative estimate of drug-likeness (QED) is 0.105. The van der Waals surface area contributed by atoms with Crippen molar-refractivity contribution in [3.63, 3.8) is 0 Å². The number of hydrogen-bond acceptors (Lipinski definition) is 13. The third-order valence-corrected chi connectivity index (χ3v) is 6.30. The molecule has 36 heavy (non-hydrogen) atoms. The lowest BCUT2D eigenvalue weighted by Gasteiger charge is -2.45. The van der Waals surface area contributed by atoms with Gasteiger partial charge in [0.2, 0.25) is 0 Å². The Morgan fingerprint density at radius 2 is 1.42 bits per heavy atom. The second kappa shape index (κ2) is 16.0. The number of aliphatic hydroxyl groups is 6. The molecule has 2 aliphatic rings. The molecule has 0 bridgehead atoms. The van der Waals surface area contributed by atoms with Gasteiger partial charge in [0.15, 0.2) is 12.6 Å². The van der Waals surface area contributed by atoms with Crippen LogP contribution >= 0.6 is 0 Å². The molecule has 10 atom stereocenters. The molecule has 0 radical (unpaired) electrons. The SMILES string of the molecule is COC(=O)CCCCCCCCO[C@H]1O[C@H](COF)[C@@H](O)[C@H](O)[C@H]1O[C@H]1O[C@H](CO)[C@@H](O)[C@H](O)[C@H]1O. The van der Waals surface area contributed by atoms with Crippen LogP contribution in [0.3, 0.4) is 0 Å². The van der Waals surface area contributed by atoms with Gasteiger partial charge in [0, 0.05) is 13.0 Å². The van der Waals surface area contributed by atoms with Crippen LogP contribution in [0.25, 0.3) is 0 Å². The van der Waals surface area contributed by atoms with E-state index in [4.69, 9.17) is 18.9 Å². The summed E-state index contributed by atoms with van der Waals surface area (Å²) in [6, 6.07) is 0. The third-order valence-electron chi connectivity index (χ3n) is 6.30. The highest BCUT2D eigenvalue weighted by Crippen LogP contribution is 2.30. The van der Waals surface area contributed by atoms with Crippen molar-refractivity contribution in [1.29, 1.82) is 0 Å². The van der Waals surface area contributed by atoms with Crippen molar-refractivity contribution in [2.24, 2.45) is 0 Å². The van der Waals surface area contributed by atoms with Crippen molar-refractivity contribution in [1.82, 2.24) is 0 Å². The van der Waals surface area contributed by atoms with E-state index in [1.54, 1.807) is 0 Å². The molecule has 0 aliphatic carbocycles. The minimum atomic E-state index is -1.75. The number of carbonyl (C=O) groups is 1. The molecular formula is C22H39FO13. The number of ether oxygens (including phenoxy) is 5. The fourth-order valence-corrected chi connectivity index (χ4v) is 4.10. The molecule has 2 fully saturated rings. The highest BCUT2D eigenvalue weighted by atomic mass is 19.3. The van der Waals surface area contributed by atoms with Gasteiger partial charge in [-0.3, -0.25) is 4.79 Å². The van der Waals surface area contributed by atoms with Crippen LogP contribution < -0.4 is 0 Å². The maximum absolute atomic E-state index is 12.4. The molecule has 0 spiro atoms. The van der Waals surface area contributed by atoms with Crippen molar-refractivity contribution in [2.45, 2.75) is 106 Å².